The molecule has 2 rings (SSSR count). The predicted octanol–water partition coefficient (Wildman–Crippen LogP) is 3.77. The number of halogens is 2. The molecule has 0 unspecified atom stereocenters. The van der Waals surface area contributed by atoms with Crippen LogP contribution in [0.1, 0.15) is 18.1 Å². The van der Waals surface area contributed by atoms with Crippen molar-refractivity contribution in [3.63, 3.8) is 0 Å². The van der Waals surface area contributed by atoms with Gasteiger partial charge in [0.05, 0.1) is 17.0 Å². The van der Waals surface area contributed by atoms with Crippen molar-refractivity contribution in [2.45, 2.75) is 26.4 Å². The summed E-state index contributed by atoms with van der Waals surface area (Å²) >= 11 is 12.1. The van der Waals surface area contributed by atoms with Gasteiger partial charge in [-0.2, -0.15) is 0 Å². The fraction of sp³-hybridized carbons (Fsp3) is 0.278. The maximum Gasteiger partial charge on any atom is 0.243 e. The monoisotopic (exact) mass is 414 g/mol. The standard InChI is InChI=1S/C18H20Cl2N2O3S/c1-12-4-6-14(7-5-12)11-21-18(23)13(2)22(26(3,24)25)17-10-15(19)8-9-16(17)20/h4-10,13H,11H2,1-3H3,(H,21,23)/t13-/m1/s1. The highest BCUT2D eigenvalue weighted by Crippen LogP contribution is 2.32. The summed E-state index contributed by atoms with van der Waals surface area (Å²) in [5, 5.41) is 3.27. The smallest absolute Gasteiger partial charge is 0.243 e. The number of carbonyl (C=O) groups is 1. The first-order valence-electron chi connectivity index (χ1n) is 7.87. The van der Waals surface area contributed by atoms with Crippen LogP contribution < -0.4 is 9.62 Å². The van der Waals surface area contributed by atoms with E-state index >= 15 is 0 Å². The maximum atomic E-state index is 12.5. The summed E-state index contributed by atoms with van der Waals surface area (Å²) in [4.78, 5) is 12.5. The Morgan fingerprint density at radius 1 is 1.15 bits per heavy atom. The lowest BCUT2D eigenvalue weighted by molar-refractivity contribution is -0.122. The largest absolute Gasteiger partial charge is 0.350 e. The van der Waals surface area contributed by atoms with E-state index in [1.54, 1.807) is 6.07 Å². The molecule has 0 spiro atoms. The highest BCUT2D eigenvalue weighted by molar-refractivity contribution is 7.92. The van der Waals surface area contributed by atoms with Gasteiger partial charge in [-0.05, 0) is 37.6 Å². The molecule has 0 fully saturated rings. The highest BCUT2D eigenvalue weighted by Gasteiger charge is 2.30. The summed E-state index contributed by atoms with van der Waals surface area (Å²) in [6.07, 6.45) is 1.02. The number of hydrogen-bond acceptors (Lipinski definition) is 3. The molecule has 2 aromatic rings. The average molecular weight is 415 g/mol. The lowest BCUT2D eigenvalue weighted by Gasteiger charge is -2.29. The van der Waals surface area contributed by atoms with Crippen LogP contribution in [0.15, 0.2) is 42.5 Å². The Balaban J connectivity index is 2.23. The third-order valence-electron chi connectivity index (χ3n) is 3.82. The van der Waals surface area contributed by atoms with E-state index in [9.17, 15) is 13.2 Å². The van der Waals surface area contributed by atoms with E-state index in [4.69, 9.17) is 23.2 Å². The topological polar surface area (TPSA) is 66.5 Å². The summed E-state index contributed by atoms with van der Waals surface area (Å²) in [6.45, 7) is 3.77. The van der Waals surface area contributed by atoms with Crippen LogP contribution in [0.3, 0.4) is 0 Å². The van der Waals surface area contributed by atoms with E-state index in [0.29, 0.717) is 11.6 Å². The van der Waals surface area contributed by atoms with Crippen molar-refractivity contribution < 1.29 is 13.2 Å². The summed E-state index contributed by atoms with van der Waals surface area (Å²) < 4.78 is 25.6. The highest BCUT2D eigenvalue weighted by atomic mass is 35.5. The van der Waals surface area contributed by atoms with E-state index in [1.807, 2.05) is 31.2 Å². The normalized spacial score (nSPS) is 12.5. The van der Waals surface area contributed by atoms with Crippen LogP contribution in [0.2, 0.25) is 10.0 Å². The van der Waals surface area contributed by atoms with Gasteiger partial charge < -0.3 is 5.32 Å². The average Bonchev–Trinajstić information content (AvgIpc) is 2.56. The lowest BCUT2D eigenvalue weighted by atomic mass is 10.1. The molecule has 26 heavy (non-hydrogen) atoms. The maximum absolute atomic E-state index is 12.5. The summed E-state index contributed by atoms with van der Waals surface area (Å²) in [5.41, 5.74) is 2.20. The molecular weight excluding hydrogens is 395 g/mol. The molecule has 140 valence electrons. The van der Waals surface area contributed by atoms with Crippen LogP contribution >= 0.6 is 23.2 Å². The molecule has 0 aliphatic rings. The van der Waals surface area contributed by atoms with Gasteiger partial charge in [-0.15, -0.1) is 0 Å². The third-order valence-corrected chi connectivity index (χ3v) is 5.60. The van der Waals surface area contributed by atoms with Crippen molar-refractivity contribution in [2.75, 3.05) is 10.6 Å². The number of carbonyl (C=O) groups excluding carboxylic acids is 1. The van der Waals surface area contributed by atoms with E-state index in [2.05, 4.69) is 5.32 Å². The van der Waals surface area contributed by atoms with Crippen LogP contribution in [0.4, 0.5) is 5.69 Å². The number of rotatable bonds is 6. The number of hydrogen-bond donors (Lipinski definition) is 1. The summed E-state index contributed by atoms with van der Waals surface area (Å²) in [7, 11) is -3.76. The fourth-order valence-corrected chi connectivity index (χ4v) is 4.08. The molecule has 5 nitrogen and oxygen atoms in total. The third kappa shape index (κ3) is 5.13. The van der Waals surface area contributed by atoms with Crippen molar-refractivity contribution in [1.29, 1.82) is 0 Å². The molecule has 0 bridgehead atoms. The molecular formula is C18H20Cl2N2O3S. The van der Waals surface area contributed by atoms with Crippen LogP contribution in [0.25, 0.3) is 0 Å². The second kappa shape index (κ2) is 8.29. The lowest BCUT2D eigenvalue weighted by Crippen LogP contribution is -2.47. The van der Waals surface area contributed by atoms with Crippen molar-refractivity contribution in [3.05, 3.63) is 63.6 Å². The minimum atomic E-state index is -3.76. The van der Waals surface area contributed by atoms with Crippen molar-refractivity contribution in [3.8, 4) is 0 Å². The number of nitrogens with zero attached hydrogens (tertiary/aromatic N) is 1. The van der Waals surface area contributed by atoms with Crippen molar-refractivity contribution in [2.24, 2.45) is 0 Å². The second-order valence-corrected chi connectivity index (χ2v) is 8.74. The Morgan fingerprint density at radius 3 is 2.35 bits per heavy atom. The van der Waals surface area contributed by atoms with Crippen LogP contribution in [-0.2, 0) is 21.4 Å². The molecule has 1 N–H and O–H groups in total. The Kier molecular flexibility index (Phi) is 6.55. The Hall–Kier alpha value is -1.76. The number of anilines is 1. The second-order valence-electron chi connectivity index (χ2n) is 6.03. The minimum absolute atomic E-state index is 0.166. The predicted molar refractivity (Wildman–Crippen MR) is 106 cm³/mol. The zero-order valence-electron chi connectivity index (χ0n) is 14.7. The van der Waals surface area contributed by atoms with Gasteiger partial charge in [-0.1, -0.05) is 53.0 Å². The number of aryl methyl sites for hydroxylation is 1. The van der Waals surface area contributed by atoms with Crippen molar-refractivity contribution >= 4 is 44.8 Å². The molecule has 0 aliphatic heterocycles. The minimum Gasteiger partial charge on any atom is -0.350 e. The van der Waals surface area contributed by atoms with Crippen LogP contribution in [0.5, 0.6) is 0 Å². The SMILES string of the molecule is Cc1ccc(CNC(=O)[C@@H](C)N(c2cc(Cl)ccc2Cl)S(C)(=O)=O)cc1. The number of benzene rings is 2. The first kappa shape index (κ1) is 20.6. The summed E-state index contributed by atoms with van der Waals surface area (Å²) in [6, 6.07) is 11.2. The molecule has 1 amide bonds. The molecule has 2 aromatic carbocycles. The number of sulfonamides is 1. The van der Waals surface area contributed by atoms with E-state index < -0.39 is 22.0 Å². The number of amides is 1. The van der Waals surface area contributed by atoms with Gasteiger partial charge in [-0.3, -0.25) is 9.10 Å². The van der Waals surface area contributed by atoms with E-state index in [-0.39, 0.29) is 10.7 Å². The van der Waals surface area contributed by atoms with E-state index in [0.717, 1.165) is 21.7 Å². The molecule has 0 radical (unpaired) electrons. The molecule has 0 aliphatic carbocycles. The Bertz CT molecular complexity index is 899. The molecule has 0 heterocycles. The van der Waals surface area contributed by atoms with E-state index in [1.165, 1.54) is 19.1 Å². The fourth-order valence-electron chi connectivity index (χ4n) is 2.48. The van der Waals surface area contributed by atoms with Gasteiger partial charge in [-0.25, -0.2) is 8.42 Å². The van der Waals surface area contributed by atoms with Gasteiger partial charge in [0, 0.05) is 11.6 Å². The first-order valence-corrected chi connectivity index (χ1v) is 10.5. The van der Waals surface area contributed by atoms with Gasteiger partial charge in [0.1, 0.15) is 6.04 Å². The van der Waals surface area contributed by atoms with Gasteiger partial charge >= 0.3 is 0 Å². The molecule has 8 heteroatoms. The summed E-state index contributed by atoms with van der Waals surface area (Å²) in [5.74, 6) is -0.438. The molecule has 0 saturated heterocycles. The van der Waals surface area contributed by atoms with Gasteiger partial charge in [0.25, 0.3) is 0 Å². The van der Waals surface area contributed by atoms with Gasteiger partial charge in [0.15, 0.2) is 0 Å². The molecule has 1 atom stereocenters. The number of nitrogens with one attached hydrogen (secondary N) is 1. The quantitative estimate of drug-likeness (QED) is 0.781. The van der Waals surface area contributed by atoms with Crippen LogP contribution in [-0.4, -0.2) is 26.6 Å². The molecule has 0 aromatic heterocycles. The first-order chi connectivity index (χ1) is 12.1. The van der Waals surface area contributed by atoms with Crippen LogP contribution in [0, 0.1) is 6.92 Å². The van der Waals surface area contributed by atoms with Crippen molar-refractivity contribution in [1.82, 2.24) is 5.32 Å². The zero-order valence-corrected chi connectivity index (χ0v) is 17.0. The Labute approximate surface area is 164 Å². The molecule has 0 saturated carbocycles. The van der Waals surface area contributed by atoms with Gasteiger partial charge in [0.2, 0.25) is 15.9 Å². The Morgan fingerprint density at radius 2 is 1.77 bits per heavy atom. The zero-order chi connectivity index (χ0) is 19.5.